The lowest BCUT2D eigenvalue weighted by atomic mass is 9.78. The van der Waals surface area contributed by atoms with Gasteiger partial charge in [-0.05, 0) is 118 Å². The molecule has 1 amide bonds. The van der Waals surface area contributed by atoms with Crippen molar-refractivity contribution in [3.8, 4) is 11.1 Å². The number of aryl methyl sites for hydroxylation is 2. The molecule has 8 nitrogen and oxygen atoms in total. The Morgan fingerprint density at radius 2 is 1.60 bits per heavy atom. The summed E-state index contributed by atoms with van der Waals surface area (Å²) in [4.78, 5) is 22.7. The van der Waals surface area contributed by atoms with Crippen molar-refractivity contribution in [3.05, 3.63) is 130 Å². The number of anilines is 1. The molecule has 1 aliphatic carbocycles. The minimum Gasteiger partial charge on any atom is -0.379 e. The van der Waals surface area contributed by atoms with E-state index < -0.39 is 10.1 Å². The summed E-state index contributed by atoms with van der Waals surface area (Å²) in [5.41, 5.74) is 9.63. The maximum Gasteiger partial charge on any atom is 0.266 e. The molecule has 0 radical (unpaired) electrons. The topological polar surface area (TPSA) is 122 Å². The fourth-order valence-corrected chi connectivity index (χ4v) is 6.37. The van der Waals surface area contributed by atoms with Gasteiger partial charge in [0.2, 0.25) is 5.91 Å². The lowest BCUT2D eigenvalue weighted by Crippen LogP contribution is -2.34. The highest BCUT2D eigenvalue weighted by molar-refractivity contribution is 7.85. The summed E-state index contributed by atoms with van der Waals surface area (Å²) in [6.45, 7) is 8.68. The van der Waals surface area contributed by atoms with Gasteiger partial charge in [0.25, 0.3) is 10.1 Å². The molecule has 0 spiro atoms. The Labute approximate surface area is 314 Å². The van der Waals surface area contributed by atoms with E-state index in [1.54, 1.807) is 14.2 Å². The zero-order valence-corrected chi connectivity index (χ0v) is 32.5. The van der Waals surface area contributed by atoms with Crippen molar-refractivity contribution >= 4 is 45.2 Å². The summed E-state index contributed by atoms with van der Waals surface area (Å²) in [5, 5.41) is 6.33. The van der Waals surface area contributed by atoms with Crippen LogP contribution in [0.2, 0.25) is 5.02 Å². The Bertz CT molecular complexity index is 1890. The molecule has 1 unspecified atom stereocenters. The second-order valence-corrected chi connectivity index (χ2v) is 15.4. The van der Waals surface area contributed by atoms with Crippen LogP contribution < -0.4 is 10.6 Å². The quantitative estimate of drug-likeness (QED) is 0.103. The van der Waals surface area contributed by atoms with E-state index in [0.717, 1.165) is 64.1 Å². The molecule has 278 valence electrons. The van der Waals surface area contributed by atoms with E-state index in [1.165, 1.54) is 16.7 Å². The van der Waals surface area contributed by atoms with Gasteiger partial charge < -0.3 is 15.4 Å². The summed E-state index contributed by atoms with van der Waals surface area (Å²) in [5.74, 6) is 0.307. The van der Waals surface area contributed by atoms with Crippen LogP contribution in [0.15, 0.2) is 97.1 Å². The number of hydrogen-bond acceptors (Lipinski definition) is 6. The third-order valence-corrected chi connectivity index (χ3v) is 10.1. The third-order valence-electron chi connectivity index (χ3n) is 9.10. The van der Waals surface area contributed by atoms with Crippen LogP contribution in [0.25, 0.3) is 16.7 Å². The smallest absolute Gasteiger partial charge is 0.266 e. The van der Waals surface area contributed by atoms with Crippen LogP contribution in [0.5, 0.6) is 0 Å². The number of halogens is 1. The summed E-state index contributed by atoms with van der Waals surface area (Å²) in [6.07, 6.45) is 6.78. The maximum atomic E-state index is 12.6. The Kier molecular flexibility index (Phi) is 16.4. The molecule has 3 N–H and O–H groups in total. The molecule has 0 fully saturated rings. The predicted octanol–water partition coefficient (Wildman–Crippen LogP) is 9.01. The van der Waals surface area contributed by atoms with Gasteiger partial charge in [0.15, 0.2) is 0 Å². The first kappa shape index (κ1) is 42.3. The first-order valence-electron chi connectivity index (χ1n) is 17.3. The number of benzene rings is 4. The standard InChI is InChI=1S/C31H34ClNO2.C8H8O.C3H9NO3S/c1-21-19-27(32)15-18-29(21)25-11-16-28(17-12-25)33-30(34)20-22-5-7-23(8-6-22)24-9-13-26(14-10-24)31(2,3)35-4;1-7-2-4-8(6-9)5-3-7;1-4-2-3-8(5,6)7/h5-9,11-12,15-19,26H,10,13-14,20H2,1-4H3,(H,33,34);2-6H,1H3;4H,2-3H2,1H3,(H,5,6,7). The zero-order chi connectivity index (χ0) is 38.3. The van der Waals surface area contributed by atoms with Gasteiger partial charge in [-0.1, -0.05) is 90.0 Å². The van der Waals surface area contributed by atoms with Crippen LogP contribution in [0.3, 0.4) is 0 Å². The van der Waals surface area contributed by atoms with Gasteiger partial charge in [-0.3, -0.25) is 14.1 Å². The number of nitrogens with one attached hydrogen (secondary N) is 2. The van der Waals surface area contributed by atoms with E-state index in [0.29, 0.717) is 18.9 Å². The first-order chi connectivity index (χ1) is 24.6. The molecule has 0 saturated heterocycles. The molecule has 10 heteroatoms. The summed E-state index contributed by atoms with van der Waals surface area (Å²) < 4.78 is 33.6. The molecule has 52 heavy (non-hydrogen) atoms. The van der Waals surface area contributed by atoms with Crippen molar-refractivity contribution in [1.82, 2.24) is 5.32 Å². The van der Waals surface area contributed by atoms with Crippen molar-refractivity contribution in [1.29, 1.82) is 0 Å². The fourth-order valence-electron chi connectivity index (χ4n) is 5.68. The average Bonchev–Trinajstić information content (AvgIpc) is 3.12. The highest BCUT2D eigenvalue weighted by Gasteiger charge is 2.30. The van der Waals surface area contributed by atoms with Gasteiger partial charge >= 0.3 is 0 Å². The minimum atomic E-state index is -3.75. The number of allylic oxidation sites excluding steroid dienone is 2. The van der Waals surface area contributed by atoms with E-state index >= 15 is 0 Å². The minimum absolute atomic E-state index is 0.0188. The molecule has 0 aromatic heterocycles. The van der Waals surface area contributed by atoms with Crippen LogP contribution in [-0.4, -0.2) is 57.2 Å². The molecular weight excluding hydrogens is 696 g/mol. The maximum absolute atomic E-state index is 12.6. The number of methoxy groups -OCH3 is 1. The second-order valence-electron chi connectivity index (χ2n) is 13.4. The van der Waals surface area contributed by atoms with Crippen molar-refractivity contribution in [2.75, 3.05) is 31.8 Å². The molecule has 0 heterocycles. The zero-order valence-electron chi connectivity index (χ0n) is 30.9. The van der Waals surface area contributed by atoms with Crippen molar-refractivity contribution in [2.45, 2.75) is 59.0 Å². The van der Waals surface area contributed by atoms with Crippen molar-refractivity contribution in [2.24, 2.45) is 5.92 Å². The Hall–Kier alpha value is -4.12. The molecule has 0 saturated carbocycles. The SMILES string of the molecule is CNCCS(=O)(=O)O.COC(C)(C)C1CC=C(c2ccc(CC(=O)Nc3ccc(-c4ccc(Cl)cc4C)cc3)cc2)CC1.Cc1ccc(C=O)cc1. The number of aldehydes is 1. The third kappa shape index (κ3) is 14.1. The number of amides is 1. The fraction of sp³-hybridized carbons (Fsp3) is 0.333. The van der Waals surface area contributed by atoms with Gasteiger partial charge in [-0.15, -0.1) is 0 Å². The highest BCUT2D eigenvalue weighted by Crippen LogP contribution is 2.37. The van der Waals surface area contributed by atoms with Gasteiger partial charge in [-0.25, -0.2) is 0 Å². The molecule has 5 rings (SSSR count). The van der Waals surface area contributed by atoms with Crippen LogP contribution in [0.4, 0.5) is 5.69 Å². The second kappa shape index (κ2) is 20.2. The van der Waals surface area contributed by atoms with Gasteiger partial charge in [0.1, 0.15) is 6.29 Å². The predicted molar refractivity (Wildman–Crippen MR) is 214 cm³/mol. The van der Waals surface area contributed by atoms with Crippen LogP contribution in [0, 0.1) is 19.8 Å². The number of hydrogen-bond donors (Lipinski definition) is 3. The first-order valence-corrected chi connectivity index (χ1v) is 19.2. The summed E-state index contributed by atoms with van der Waals surface area (Å²) in [6, 6.07) is 29.7. The number of ether oxygens (including phenoxy) is 1. The Morgan fingerprint density at radius 1 is 0.962 bits per heavy atom. The molecule has 4 aromatic rings. The van der Waals surface area contributed by atoms with Crippen molar-refractivity contribution in [3.63, 3.8) is 0 Å². The average molecular weight is 747 g/mol. The lowest BCUT2D eigenvalue weighted by Gasteiger charge is -2.35. The normalized spacial score (nSPS) is 14.2. The Morgan fingerprint density at radius 3 is 2.10 bits per heavy atom. The van der Waals surface area contributed by atoms with E-state index in [4.69, 9.17) is 20.9 Å². The van der Waals surface area contributed by atoms with Crippen LogP contribution in [0.1, 0.15) is 65.7 Å². The Balaban J connectivity index is 0.000000351. The van der Waals surface area contributed by atoms with E-state index in [9.17, 15) is 18.0 Å². The molecule has 1 atom stereocenters. The molecular formula is C42H51ClN2O6S. The van der Waals surface area contributed by atoms with Crippen molar-refractivity contribution < 1.29 is 27.3 Å². The van der Waals surface area contributed by atoms with Gasteiger partial charge in [-0.2, -0.15) is 8.42 Å². The van der Waals surface area contributed by atoms with Gasteiger partial charge in [0, 0.05) is 29.9 Å². The van der Waals surface area contributed by atoms with E-state index in [-0.39, 0.29) is 17.3 Å². The molecule has 1 aliphatic rings. The van der Waals surface area contributed by atoms with E-state index in [2.05, 4.69) is 54.8 Å². The van der Waals surface area contributed by atoms with Gasteiger partial charge in [0.05, 0.1) is 17.8 Å². The van der Waals surface area contributed by atoms with Crippen LogP contribution in [-0.2, 0) is 26.1 Å². The summed E-state index contributed by atoms with van der Waals surface area (Å²) >= 11 is 6.07. The van der Waals surface area contributed by atoms with E-state index in [1.807, 2.05) is 80.6 Å². The molecule has 4 aromatic carbocycles. The number of rotatable bonds is 11. The number of carbonyl (C=O) groups excluding carboxylic acids is 2. The molecule has 0 bridgehead atoms. The largest absolute Gasteiger partial charge is 0.379 e. The highest BCUT2D eigenvalue weighted by atomic mass is 35.5. The molecule has 0 aliphatic heterocycles. The lowest BCUT2D eigenvalue weighted by molar-refractivity contribution is -0.115. The summed E-state index contributed by atoms with van der Waals surface area (Å²) in [7, 11) is -0.336. The monoisotopic (exact) mass is 746 g/mol. The number of carbonyl (C=O) groups is 2. The van der Waals surface area contributed by atoms with Crippen LogP contribution >= 0.6 is 11.6 Å².